The molecule has 7 nitrogen and oxygen atoms in total. The Labute approximate surface area is 122 Å². The van der Waals surface area contributed by atoms with Gasteiger partial charge >= 0.3 is 5.97 Å². The van der Waals surface area contributed by atoms with Crippen LogP contribution in [0.1, 0.15) is 27.9 Å². The van der Waals surface area contributed by atoms with Crippen molar-refractivity contribution in [2.75, 3.05) is 6.54 Å². The molecule has 0 aromatic heterocycles. The minimum Gasteiger partial charge on any atom is -0.478 e. The van der Waals surface area contributed by atoms with Gasteiger partial charge in [-0.3, -0.25) is 4.79 Å². The highest BCUT2D eigenvalue weighted by molar-refractivity contribution is 7.89. The van der Waals surface area contributed by atoms with Gasteiger partial charge in [-0.05, 0) is 31.0 Å². The Hall–Kier alpha value is -1.93. The highest BCUT2D eigenvalue weighted by Crippen LogP contribution is 2.21. The third-order valence-corrected chi connectivity index (χ3v) is 5.00. The highest BCUT2D eigenvalue weighted by Gasteiger charge is 2.28. The Kier molecular flexibility index (Phi) is 4.02. The van der Waals surface area contributed by atoms with Crippen molar-refractivity contribution in [3.63, 3.8) is 0 Å². The molecule has 0 radical (unpaired) electrons. The average molecular weight is 312 g/mol. The topological polar surface area (TPSA) is 113 Å². The van der Waals surface area contributed by atoms with Gasteiger partial charge in [0.2, 0.25) is 15.9 Å². The smallest absolute Gasteiger partial charge is 0.335 e. The minimum atomic E-state index is -3.88. The molecule has 1 aliphatic rings. The fourth-order valence-electron chi connectivity index (χ4n) is 2.32. The summed E-state index contributed by atoms with van der Waals surface area (Å²) < 4.78 is 27.1. The van der Waals surface area contributed by atoms with E-state index >= 15 is 0 Å². The maximum absolute atomic E-state index is 12.4. The number of carbonyl (C=O) groups is 2. The molecule has 0 bridgehead atoms. The van der Waals surface area contributed by atoms with Crippen LogP contribution in [-0.4, -0.2) is 38.0 Å². The van der Waals surface area contributed by atoms with E-state index in [9.17, 15) is 18.0 Å². The Bertz CT molecular complexity index is 712. The van der Waals surface area contributed by atoms with Gasteiger partial charge in [-0.1, -0.05) is 6.07 Å². The van der Waals surface area contributed by atoms with Crippen LogP contribution in [0.15, 0.2) is 17.0 Å². The van der Waals surface area contributed by atoms with Crippen LogP contribution in [0.3, 0.4) is 0 Å². The van der Waals surface area contributed by atoms with Crippen LogP contribution in [0.4, 0.5) is 0 Å². The molecule has 1 amide bonds. The van der Waals surface area contributed by atoms with Crippen molar-refractivity contribution < 1.29 is 23.1 Å². The van der Waals surface area contributed by atoms with E-state index in [2.05, 4.69) is 10.0 Å². The van der Waals surface area contributed by atoms with Crippen molar-refractivity contribution in [3.8, 4) is 0 Å². The summed E-state index contributed by atoms with van der Waals surface area (Å²) >= 11 is 0. The number of aromatic carboxylic acids is 1. The number of hydrogen-bond donors (Lipinski definition) is 3. The van der Waals surface area contributed by atoms with Crippen molar-refractivity contribution >= 4 is 21.9 Å². The molecule has 0 aliphatic carbocycles. The lowest BCUT2D eigenvalue weighted by Gasteiger charge is -2.14. The van der Waals surface area contributed by atoms with Gasteiger partial charge in [0.1, 0.15) is 0 Å². The van der Waals surface area contributed by atoms with E-state index in [1.807, 2.05) is 0 Å². The summed E-state index contributed by atoms with van der Waals surface area (Å²) in [6.45, 7) is 3.44. The molecule has 1 aliphatic heterocycles. The molecule has 1 aromatic rings. The molecule has 21 heavy (non-hydrogen) atoms. The van der Waals surface area contributed by atoms with Crippen LogP contribution >= 0.6 is 0 Å². The Balaban J connectivity index is 2.37. The number of rotatable bonds is 4. The minimum absolute atomic E-state index is 0.0541. The molecule has 1 aromatic carbocycles. The molecular weight excluding hydrogens is 296 g/mol. The second-order valence-electron chi connectivity index (χ2n) is 5.06. The van der Waals surface area contributed by atoms with Crippen LogP contribution in [-0.2, 0) is 14.8 Å². The number of hydrogen-bond acceptors (Lipinski definition) is 4. The zero-order valence-corrected chi connectivity index (χ0v) is 12.5. The number of carboxylic acid groups (broad SMARTS) is 1. The molecule has 1 heterocycles. The van der Waals surface area contributed by atoms with Crippen molar-refractivity contribution in [2.24, 2.45) is 0 Å². The van der Waals surface area contributed by atoms with E-state index in [1.165, 1.54) is 6.07 Å². The average Bonchev–Trinajstić information content (AvgIpc) is 2.72. The predicted octanol–water partition coefficient (Wildman–Crippen LogP) is 0.168. The Morgan fingerprint density at radius 1 is 1.33 bits per heavy atom. The number of carboxylic acids is 1. The van der Waals surface area contributed by atoms with Gasteiger partial charge < -0.3 is 10.4 Å². The second kappa shape index (κ2) is 5.45. The molecule has 114 valence electrons. The number of carbonyl (C=O) groups excluding carboxylic acids is 1. The summed E-state index contributed by atoms with van der Waals surface area (Å²) in [5, 5.41) is 11.6. The lowest BCUT2D eigenvalue weighted by Crippen LogP contribution is -2.36. The molecule has 0 saturated carbocycles. The van der Waals surface area contributed by atoms with Gasteiger partial charge in [0.05, 0.1) is 10.5 Å². The quantitative estimate of drug-likeness (QED) is 0.733. The molecular formula is C13H16N2O5S. The van der Waals surface area contributed by atoms with Crippen LogP contribution in [0.25, 0.3) is 0 Å². The van der Waals surface area contributed by atoms with Gasteiger partial charge in [-0.2, -0.15) is 0 Å². The molecule has 1 unspecified atom stereocenters. The van der Waals surface area contributed by atoms with Crippen LogP contribution in [0.2, 0.25) is 0 Å². The largest absolute Gasteiger partial charge is 0.478 e. The molecule has 0 spiro atoms. The summed E-state index contributed by atoms with van der Waals surface area (Å²) in [7, 11) is -3.88. The first-order valence-electron chi connectivity index (χ1n) is 6.34. The first-order valence-corrected chi connectivity index (χ1v) is 7.82. The summed E-state index contributed by atoms with van der Waals surface area (Å²) in [5.41, 5.74) is 0.903. The number of aryl methyl sites for hydroxylation is 2. The standard InChI is InChI=1S/C13H16N2O5S/c1-7-3-8(2)11(5-10(7)13(17)18)21(19,20)15-9-4-12(16)14-6-9/h3,5,9,15H,4,6H2,1-2H3,(H,14,16)(H,17,18). The summed E-state index contributed by atoms with van der Waals surface area (Å²) in [6, 6.07) is 2.16. The monoisotopic (exact) mass is 312 g/mol. The molecule has 2 rings (SSSR count). The van der Waals surface area contributed by atoms with E-state index in [0.717, 1.165) is 6.07 Å². The van der Waals surface area contributed by atoms with Gasteiger partial charge in [-0.15, -0.1) is 0 Å². The lowest BCUT2D eigenvalue weighted by atomic mass is 10.1. The maximum Gasteiger partial charge on any atom is 0.335 e. The number of sulfonamides is 1. The summed E-state index contributed by atoms with van der Waals surface area (Å²) in [5.74, 6) is -1.39. The Morgan fingerprint density at radius 2 is 2.00 bits per heavy atom. The normalized spacial score (nSPS) is 18.6. The van der Waals surface area contributed by atoms with E-state index < -0.39 is 22.0 Å². The first kappa shape index (κ1) is 15.5. The molecule has 1 saturated heterocycles. The zero-order valence-electron chi connectivity index (χ0n) is 11.6. The van der Waals surface area contributed by atoms with Crippen molar-refractivity contribution in [2.45, 2.75) is 31.2 Å². The number of nitrogens with one attached hydrogen (secondary N) is 2. The van der Waals surface area contributed by atoms with Gasteiger partial charge in [0.15, 0.2) is 0 Å². The van der Waals surface area contributed by atoms with E-state index in [4.69, 9.17) is 5.11 Å². The van der Waals surface area contributed by atoms with Gasteiger partial charge in [-0.25, -0.2) is 17.9 Å². The first-order chi connectivity index (χ1) is 9.70. The second-order valence-corrected chi connectivity index (χ2v) is 6.75. The molecule has 1 atom stereocenters. The number of benzene rings is 1. The third-order valence-electron chi connectivity index (χ3n) is 3.34. The van der Waals surface area contributed by atoms with Gasteiger partial charge in [0, 0.05) is 19.0 Å². The van der Waals surface area contributed by atoms with Gasteiger partial charge in [0.25, 0.3) is 0 Å². The zero-order chi connectivity index (χ0) is 15.8. The fraction of sp³-hybridized carbons (Fsp3) is 0.385. The summed E-state index contributed by atoms with van der Waals surface area (Å²) in [4.78, 5) is 22.2. The van der Waals surface area contributed by atoms with Crippen molar-refractivity contribution in [3.05, 3.63) is 28.8 Å². The van der Waals surface area contributed by atoms with Crippen LogP contribution in [0.5, 0.6) is 0 Å². The highest BCUT2D eigenvalue weighted by atomic mass is 32.2. The van der Waals surface area contributed by atoms with Crippen LogP contribution < -0.4 is 10.0 Å². The third kappa shape index (κ3) is 3.22. The summed E-state index contributed by atoms with van der Waals surface area (Å²) in [6.07, 6.45) is 0.0793. The molecule has 3 N–H and O–H groups in total. The SMILES string of the molecule is Cc1cc(C)c(S(=O)(=O)NC2CNC(=O)C2)cc1C(=O)O. The van der Waals surface area contributed by atoms with E-state index in [-0.39, 0.29) is 29.3 Å². The van der Waals surface area contributed by atoms with Crippen LogP contribution in [0, 0.1) is 13.8 Å². The predicted molar refractivity (Wildman–Crippen MR) is 74.6 cm³/mol. The Morgan fingerprint density at radius 3 is 2.52 bits per heavy atom. The van der Waals surface area contributed by atoms with E-state index in [1.54, 1.807) is 13.8 Å². The fourth-order valence-corrected chi connectivity index (χ4v) is 3.81. The maximum atomic E-state index is 12.4. The lowest BCUT2D eigenvalue weighted by molar-refractivity contribution is -0.119. The molecule has 1 fully saturated rings. The number of amides is 1. The van der Waals surface area contributed by atoms with E-state index in [0.29, 0.717) is 11.1 Å². The van der Waals surface area contributed by atoms with Crippen molar-refractivity contribution in [1.82, 2.24) is 10.0 Å². The van der Waals surface area contributed by atoms with Crippen molar-refractivity contribution in [1.29, 1.82) is 0 Å². The molecule has 8 heteroatoms.